The van der Waals surface area contributed by atoms with E-state index < -0.39 is 9.06 Å². The van der Waals surface area contributed by atoms with Crippen molar-refractivity contribution in [2.45, 2.75) is 79.2 Å². The normalized spacial score (nSPS) is 16.8. The molecule has 26 heavy (non-hydrogen) atoms. The summed E-state index contributed by atoms with van der Waals surface area (Å²) in [5.41, 5.74) is 0. The minimum atomic E-state index is -0.599. The van der Waals surface area contributed by atoms with E-state index in [0.717, 1.165) is 12.5 Å². The first-order valence-electron chi connectivity index (χ1n) is 10.7. The second kappa shape index (κ2) is 14.2. The van der Waals surface area contributed by atoms with Gasteiger partial charge in [0, 0.05) is 6.04 Å². The maximum Gasteiger partial charge on any atom is 0.00895 e. The van der Waals surface area contributed by atoms with Crippen LogP contribution in [0.2, 0.25) is 0 Å². The summed E-state index contributed by atoms with van der Waals surface area (Å²) >= 11 is 0. The first-order valence-corrected chi connectivity index (χ1v) is 14.6. The summed E-state index contributed by atoms with van der Waals surface area (Å²) in [6.07, 6.45) is 17.1. The molecule has 3 atom stereocenters. The molecule has 1 nitrogen and oxygen atoms in total. The number of hydrogen-bond acceptors (Lipinski definition) is 2. The van der Waals surface area contributed by atoms with E-state index in [9.17, 15) is 0 Å². The fourth-order valence-electron chi connectivity index (χ4n) is 3.58. The molecule has 0 rings (SSSR count). The Balaban J connectivity index is 5.23. The number of hydrogen-bond donors (Lipinski definition) is 0. The van der Waals surface area contributed by atoms with Gasteiger partial charge < -0.3 is 4.90 Å². The van der Waals surface area contributed by atoms with Gasteiger partial charge >= 0.3 is 0 Å². The van der Waals surface area contributed by atoms with Crippen LogP contribution in [-0.4, -0.2) is 42.8 Å². The lowest BCUT2D eigenvalue weighted by Crippen LogP contribution is -2.32. The Hall–Kier alpha value is 0.140. The Morgan fingerprint density at radius 2 is 1.77 bits per heavy atom. The predicted octanol–water partition coefficient (Wildman–Crippen LogP) is 7.74. The zero-order valence-corrected chi connectivity index (χ0v) is 20.6. The van der Waals surface area contributed by atoms with Gasteiger partial charge in [0.25, 0.3) is 0 Å². The van der Waals surface area contributed by atoms with Crippen molar-refractivity contribution < 1.29 is 0 Å². The molecule has 0 fully saturated rings. The van der Waals surface area contributed by atoms with Crippen LogP contribution in [-0.2, 0) is 0 Å². The molecule has 0 aliphatic carbocycles. The van der Waals surface area contributed by atoms with Crippen molar-refractivity contribution in [1.29, 1.82) is 0 Å². The van der Waals surface area contributed by atoms with E-state index in [1.165, 1.54) is 49.2 Å². The molecule has 0 aromatic heterocycles. The van der Waals surface area contributed by atoms with E-state index in [-0.39, 0.29) is 0 Å². The van der Waals surface area contributed by atoms with E-state index in [4.69, 9.17) is 0 Å². The van der Waals surface area contributed by atoms with Crippen molar-refractivity contribution in [3.05, 3.63) is 23.6 Å². The molecule has 0 aromatic rings. The molecular weight excluding hydrogens is 354 g/mol. The van der Waals surface area contributed by atoms with Crippen LogP contribution in [0.3, 0.4) is 0 Å². The highest BCUT2D eigenvalue weighted by Crippen LogP contribution is 2.59. The molecule has 0 amide bonds. The zero-order valence-electron chi connectivity index (χ0n) is 19.0. The zero-order chi connectivity index (χ0) is 20.2. The molecule has 3 unspecified atom stereocenters. The van der Waals surface area contributed by atoms with Gasteiger partial charge in [-0.1, -0.05) is 63.6 Å². The van der Waals surface area contributed by atoms with Crippen LogP contribution in [0, 0.1) is 11.8 Å². The molecule has 0 saturated carbocycles. The first kappa shape index (κ1) is 26.1. The second-order valence-corrected chi connectivity index (χ2v) is 15.3. The monoisotopic (exact) mass is 401 g/mol. The quantitative estimate of drug-likeness (QED) is 0.204. The summed E-state index contributed by atoms with van der Waals surface area (Å²) in [5, 5.41) is 0. The first-order chi connectivity index (χ1) is 12.3. The van der Waals surface area contributed by atoms with Gasteiger partial charge in [0.1, 0.15) is 0 Å². The standard InChI is InChI=1S/C23H47NS2/c1-10-15-17-21(18-19-22(12-3)24(7)13-4)23(16-11-2)20(6)25-26(8,9)14-5/h10,15,21-23H,6,11-14,16-19H2,1-5,7-9H3. The highest BCUT2D eigenvalue weighted by Gasteiger charge is 2.26. The van der Waals surface area contributed by atoms with Gasteiger partial charge in [0.2, 0.25) is 0 Å². The molecule has 3 heteroatoms. The average Bonchev–Trinajstić information content (AvgIpc) is 2.62. The maximum atomic E-state index is 4.58. The third kappa shape index (κ3) is 9.90. The van der Waals surface area contributed by atoms with Gasteiger partial charge in [0.15, 0.2) is 0 Å². The second-order valence-electron chi connectivity index (χ2n) is 7.95. The van der Waals surface area contributed by atoms with Crippen LogP contribution in [0.15, 0.2) is 23.6 Å². The minimum Gasteiger partial charge on any atom is -0.304 e. The lowest BCUT2D eigenvalue weighted by atomic mass is 9.81. The highest BCUT2D eigenvalue weighted by atomic mass is 33.2. The van der Waals surface area contributed by atoms with Gasteiger partial charge in [-0.3, -0.25) is 0 Å². The smallest absolute Gasteiger partial charge is 0.00895 e. The predicted molar refractivity (Wildman–Crippen MR) is 130 cm³/mol. The van der Waals surface area contributed by atoms with Crippen molar-refractivity contribution >= 4 is 19.9 Å². The highest BCUT2D eigenvalue weighted by molar-refractivity contribution is 8.94. The minimum absolute atomic E-state index is 0.599. The Morgan fingerprint density at radius 3 is 2.23 bits per heavy atom. The number of rotatable bonds is 15. The summed E-state index contributed by atoms with van der Waals surface area (Å²) in [7, 11) is 3.80. The third-order valence-corrected chi connectivity index (χ3v) is 10.8. The summed E-state index contributed by atoms with van der Waals surface area (Å²) in [6, 6.07) is 0.717. The van der Waals surface area contributed by atoms with Crippen molar-refractivity contribution in [2.24, 2.45) is 11.8 Å². The van der Waals surface area contributed by atoms with Crippen molar-refractivity contribution in [3.63, 3.8) is 0 Å². The van der Waals surface area contributed by atoms with Crippen molar-refractivity contribution in [2.75, 3.05) is 31.9 Å². The van der Waals surface area contributed by atoms with E-state index >= 15 is 0 Å². The van der Waals surface area contributed by atoms with E-state index in [1.807, 2.05) is 0 Å². The fraction of sp³-hybridized carbons (Fsp3) is 0.826. The largest absolute Gasteiger partial charge is 0.304 e. The molecule has 0 N–H and O–H groups in total. The molecule has 0 aromatic carbocycles. The summed E-state index contributed by atoms with van der Waals surface area (Å²) < 4.78 is 0. The molecule has 0 aliphatic rings. The molecule has 0 aliphatic heterocycles. The lowest BCUT2D eigenvalue weighted by molar-refractivity contribution is 0.211. The average molecular weight is 402 g/mol. The molecule has 0 saturated heterocycles. The lowest BCUT2D eigenvalue weighted by Gasteiger charge is -2.36. The van der Waals surface area contributed by atoms with Crippen molar-refractivity contribution in [3.8, 4) is 0 Å². The van der Waals surface area contributed by atoms with Gasteiger partial charge in [-0.15, -0.1) is 0 Å². The summed E-state index contributed by atoms with van der Waals surface area (Å²) in [4.78, 5) is 3.98. The Labute approximate surface area is 171 Å². The van der Waals surface area contributed by atoms with E-state index in [0.29, 0.717) is 12.0 Å². The fourth-order valence-corrected chi connectivity index (χ4v) is 7.17. The molecule has 0 heterocycles. The van der Waals surface area contributed by atoms with Crippen LogP contribution in [0.4, 0.5) is 0 Å². The molecule has 156 valence electrons. The molecule has 0 radical (unpaired) electrons. The third-order valence-electron chi connectivity index (χ3n) is 5.75. The van der Waals surface area contributed by atoms with Gasteiger partial charge in [0.05, 0.1) is 0 Å². The van der Waals surface area contributed by atoms with Crippen molar-refractivity contribution in [1.82, 2.24) is 4.90 Å². The van der Waals surface area contributed by atoms with Gasteiger partial charge in [-0.2, -0.15) is 9.06 Å². The van der Waals surface area contributed by atoms with Crippen LogP contribution >= 0.6 is 19.9 Å². The summed E-state index contributed by atoms with van der Waals surface area (Å²) in [5.74, 6) is 2.66. The SMILES string of the molecule is C=C(SS(C)(C)CC)C(CCC)C(CC=CC)CCC(CC)N(C)CC. The topological polar surface area (TPSA) is 3.24 Å². The van der Waals surface area contributed by atoms with Crippen LogP contribution in [0.5, 0.6) is 0 Å². The number of nitrogens with zero attached hydrogens (tertiary/aromatic N) is 1. The van der Waals surface area contributed by atoms with Crippen LogP contribution in [0.1, 0.15) is 73.1 Å². The maximum absolute atomic E-state index is 4.58. The molecule has 0 spiro atoms. The Kier molecular flexibility index (Phi) is 14.3. The van der Waals surface area contributed by atoms with Crippen LogP contribution in [0.25, 0.3) is 0 Å². The van der Waals surface area contributed by atoms with Gasteiger partial charge in [-0.05, 0) is 87.6 Å². The Morgan fingerprint density at radius 1 is 1.12 bits per heavy atom. The summed E-state index contributed by atoms with van der Waals surface area (Å²) in [6.45, 7) is 17.1. The van der Waals surface area contributed by atoms with Gasteiger partial charge in [-0.25, -0.2) is 0 Å². The van der Waals surface area contributed by atoms with E-state index in [2.05, 4.69) is 88.6 Å². The Bertz CT molecular complexity index is 403. The van der Waals surface area contributed by atoms with Crippen LogP contribution < -0.4 is 0 Å². The molecule has 0 bridgehead atoms. The molecular formula is C23H47NS2. The van der Waals surface area contributed by atoms with E-state index in [1.54, 1.807) is 0 Å². The number of allylic oxidation sites excluding steroid dienone is 3.